The van der Waals surface area contributed by atoms with Crippen LogP contribution in [0.5, 0.6) is 0 Å². The SMILES string of the molecule is CC(=S)OC(=O)N(S)CC#CI. The maximum atomic E-state index is 10.9. The lowest BCUT2D eigenvalue weighted by molar-refractivity contribution is 0.183. The van der Waals surface area contributed by atoms with E-state index in [1.165, 1.54) is 6.92 Å². The lowest BCUT2D eigenvalue weighted by Crippen LogP contribution is -2.24. The third-order valence-electron chi connectivity index (χ3n) is 0.737. The second-order valence-electron chi connectivity index (χ2n) is 1.69. The van der Waals surface area contributed by atoms with Gasteiger partial charge >= 0.3 is 6.09 Å². The van der Waals surface area contributed by atoms with Crippen molar-refractivity contribution in [3.05, 3.63) is 0 Å². The summed E-state index contributed by atoms with van der Waals surface area (Å²) < 4.78 is 8.22. The lowest BCUT2D eigenvalue weighted by atomic mass is 10.7. The Morgan fingerprint density at radius 3 is 2.83 bits per heavy atom. The Morgan fingerprint density at radius 2 is 2.42 bits per heavy atom. The van der Waals surface area contributed by atoms with E-state index < -0.39 is 6.09 Å². The molecule has 6 heteroatoms. The van der Waals surface area contributed by atoms with Gasteiger partial charge in [0.15, 0.2) is 5.05 Å². The van der Waals surface area contributed by atoms with Crippen LogP contribution in [-0.4, -0.2) is 22.0 Å². The molecule has 0 bridgehead atoms. The highest BCUT2D eigenvalue weighted by molar-refractivity contribution is 14.1. The van der Waals surface area contributed by atoms with E-state index in [-0.39, 0.29) is 11.6 Å². The molecule has 12 heavy (non-hydrogen) atoms. The Kier molecular flexibility index (Phi) is 6.51. The fraction of sp³-hybridized carbons (Fsp3) is 0.333. The van der Waals surface area contributed by atoms with Gasteiger partial charge in [0.1, 0.15) is 0 Å². The molecule has 0 aliphatic rings. The Labute approximate surface area is 95.5 Å². The summed E-state index contributed by atoms with van der Waals surface area (Å²) in [6, 6.07) is 0. The van der Waals surface area contributed by atoms with Crippen LogP contribution in [0.15, 0.2) is 0 Å². The smallest absolute Gasteiger partial charge is 0.403 e. The predicted octanol–water partition coefficient (Wildman–Crippen LogP) is 2.01. The maximum absolute atomic E-state index is 10.9. The molecule has 0 saturated carbocycles. The number of hydrogen-bond donors (Lipinski definition) is 1. The quantitative estimate of drug-likeness (QED) is 0.347. The first kappa shape index (κ1) is 12.0. The molecule has 3 nitrogen and oxygen atoms in total. The zero-order chi connectivity index (χ0) is 9.56. The molecule has 0 unspecified atom stereocenters. The number of carbonyl (C=O) groups is 1. The molecule has 0 aromatic rings. The van der Waals surface area contributed by atoms with Crippen molar-refractivity contribution in [1.29, 1.82) is 0 Å². The summed E-state index contributed by atoms with van der Waals surface area (Å²) in [5, 5.41) is 0.168. The van der Waals surface area contributed by atoms with Gasteiger partial charge in [0, 0.05) is 29.5 Å². The number of rotatable bonds is 1. The molecular weight excluding hydrogens is 309 g/mol. The topological polar surface area (TPSA) is 29.5 Å². The highest BCUT2D eigenvalue weighted by Gasteiger charge is 2.09. The summed E-state index contributed by atoms with van der Waals surface area (Å²) in [7, 11) is 0. The first-order valence-electron chi connectivity index (χ1n) is 2.85. The van der Waals surface area contributed by atoms with Gasteiger partial charge in [-0.3, -0.25) is 0 Å². The zero-order valence-electron chi connectivity index (χ0n) is 6.20. The highest BCUT2D eigenvalue weighted by Crippen LogP contribution is 1.97. The summed E-state index contributed by atoms with van der Waals surface area (Å²) in [6.07, 6.45) is -0.606. The summed E-state index contributed by atoms with van der Waals surface area (Å²) in [6.45, 7) is 1.73. The van der Waals surface area contributed by atoms with E-state index in [9.17, 15) is 4.79 Å². The van der Waals surface area contributed by atoms with Crippen LogP contribution >= 0.6 is 47.6 Å². The van der Waals surface area contributed by atoms with Gasteiger partial charge in [-0.1, -0.05) is 18.7 Å². The van der Waals surface area contributed by atoms with E-state index >= 15 is 0 Å². The number of thiocarbonyl (C=S) groups is 1. The number of thiol groups is 1. The first-order valence-corrected chi connectivity index (χ1v) is 4.74. The zero-order valence-corrected chi connectivity index (χ0v) is 10.1. The number of carbonyl (C=O) groups excluding carboxylic acids is 1. The minimum atomic E-state index is -0.606. The van der Waals surface area contributed by atoms with E-state index in [0.717, 1.165) is 4.31 Å². The molecule has 0 saturated heterocycles. The van der Waals surface area contributed by atoms with Crippen molar-refractivity contribution < 1.29 is 9.53 Å². The first-order chi connectivity index (χ1) is 5.57. The highest BCUT2D eigenvalue weighted by atomic mass is 127. The molecular formula is C6H6INO2S2. The second-order valence-corrected chi connectivity index (χ2v) is 3.29. The Morgan fingerprint density at radius 1 is 1.83 bits per heavy atom. The van der Waals surface area contributed by atoms with Gasteiger partial charge in [0.2, 0.25) is 0 Å². The van der Waals surface area contributed by atoms with Crippen LogP contribution in [0.1, 0.15) is 6.92 Å². The Balaban J connectivity index is 3.90. The van der Waals surface area contributed by atoms with Gasteiger partial charge in [-0.25, -0.2) is 9.10 Å². The number of hydrogen-bond acceptors (Lipinski definition) is 4. The summed E-state index contributed by atoms with van der Waals surface area (Å²) >= 11 is 10.3. The Bertz CT molecular complexity index is 246. The molecule has 0 rings (SSSR count). The van der Waals surface area contributed by atoms with E-state index in [1.54, 1.807) is 0 Å². The van der Waals surface area contributed by atoms with Gasteiger partial charge in [0.25, 0.3) is 0 Å². The van der Waals surface area contributed by atoms with Crippen LogP contribution in [0.3, 0.4) is 0 Å². The van der Waals surface area contributed by atoms with Gasteiger partial charge in [0.05, 0.1) is 6.54 Å². The molecule has 0 fully saturated rings. The van der Waals surface area contributed by atoms with E-state index in [1.807, 2.05) is 22.6 Å². The minimum Gasteiger partial charge on any atom is -0.403 e. The van der Waals surface area contributed by atoms with Gasteiger partial charge in [-0.15, -0.1) is 0 Å². The molecule has 0 heterocycles. The normalized spacial score (nSPS) is 7.92. The van der Waals surface area contributed by atoms with Crippen molar-refractivity contribution in [2.24, 2.45) is 0 Å². The fourth-order valence-corrected chi connectivity index (χ4v) is 0.698. The van der Waals surface area contributed by atoms with Crippen LogP contribution < -0.4 is 0 Å². The molecule has 0 aromatic carbocycles. The summed E-state index contributed by atoms with van der Waals surface area (Å²) in [5.41, 5.74) is 0. The van der Waals surface area contributed by atoms with E-state index in [0.29, 0.717) is 0 Å². The van der Waals surface area contributed by atoms with Crippen molar-refractivity contribution in [3.8, 4) is 9.85 Å². The van der Waals surface area contributed by atoms with Crippen LogP contribution in [0.2, 0.25) is 0 Å². The average Bonchev–Trinajstić information content (AvgIpc) is 1.98. The predicted molar refractivity (Wildman–Crippen MR) is 62.2 cm³/mol. The van der Waals surface area contributed by atoms with Crippen molar-refractivity contribution in [3.63, 3.8) is 0 Å². The molecule has 0 aromatic heterocycles. The molecule has 0 aliphatic heterocycles. The van der Waals surface area contributed by atoms with Crippen LogP contribution in [-0.2, 0) is 4.74 Å². The second kappa shape index (κ2) is 6.51. The lowest BCUT2D eigenvalue weighted by Gasteiger charge is -2.10. The molecule has 0 radical (unpaired) electrons. The molecule has 66 valence electrons. The van der Waals surface area contributed by atoms with E-state index in [2.05, 4.69) is 39.6 Å². The standard InChI is InChI=1S/C6H6INO2S2/c1-5(11)10-6(9)8(12)4-2-3-7/h12H,4H2,1H3. The average molecular weight is 315 g/mol. The van der Waals surface area contributed by atoms with Crippen molar-refractivity contribution in [1.82, 2.24) is 4.31 Å². The largest absolute Gasteiger partial charge is 0.426 e. The van der Waals surface area contributed by atoms with Crippen LogP contribution in [0, 0.1) is 9.85 Å². The number of nitrogens with zero attached hydrogens (tertiary/aromatic N) is 1. The number of amides is 1. The maximum Gasteiger partial charge on any atom is 0.426 e. The molecule has 0 aliphatic carbocycles. The van der Waals surface area contributed by atoms with Crippen LogP contribution in [0.25, 0.3) is 0 Å². The monoisotopic (exact) mass is 315 g/mol. The minimum absolute atomic E-state index is 0.168. The molecule has 0 atom stereocenters. The van der Waals surface area contributed by atoms with E-state index in [4.69, 9.17) is 0 Å². The summed E-state index contributed by atoms with van der Waals surface area (Å²) in [4.78, 5) is 10.9. The number of ether oxygens (including phenoxy) is 1. The van der Waals surface area contributed by atoms with Crippen molar-refractivity contribution in [2.75, 3.05) is 6.54 Å². The summed E-state index contributed by atoms with van der Waals surface area (Å²) in [5.74, 6) is 2.64. The van der Waals surface area contributed by atoms with Gasteiger partial charge < -0.3 is 4.74 Å². The third kappa shape index (κ3) is 5.62. The third-order valence-corrected chi connectivity index (χ3v) is 1.51. The molecule has 0 N–H and O–H groups in total. The van der Waals surface area contributed by atoms with Crippen LogP contribution in [0.4, 0.5) is 4.79 Å². The number of halogens is 1. The van der Waals surface area contributed by atoms with Gasteiger partial charge in [-0.2, -0.15) is 0 Å². The van der Waals surface area contributed by atoms with Crippen molar-refractivity contribution in [2.45, 2.75) is 6.92 Å². The van der Waals surface area contributed by atoms with Gasteiger partial charge in [-0.05, 0) is 16.1 Å². The van der Waals surface area contributed by atoms with Crippen molar-refractivity contribution >= 4 is 58.8 Å². The molecule has 1 amide bonds. The Hall–Kier alpha value is -0.000000000000000111. The molecule has 0 spiro atoms. The fourth-order valence-electron chi connectivity index (χ4n) is 0.345.